The van der Waals surface area contributed by atoms with Gasteiger partial charge in [0.2, 0.25) is 0 Å². The van der Waals surface area contributed by atoms with Gasteiger partial charge in [-0.15, -0.1) is 0 Å². The molecule has 0 spiro atoms. The second-order valence-corrected chi connectivity index (χ2v) is 6.50. The van der Waals surface area contributed by atoms with Crippen molar-refractivity contribution in [1.82, 2.24) is 0 Å². The molecule has 0 fully saturated rings. The fourth-order valence-electron chi connectivity index (χ4n) is 3.24. The van der Waals surface area contributed by atoms with E-state index in [0.29, 0.717) is 24.5 Å². The molecule has 0 N–H and O–H groups in total. The van der Waals surface area contributed by atoms with Crippen LogP contribution in [0, 0.1) is 10.1 Å². The van der Waals surface area contributed by atoms with Crippen molar-refractivity contribution >= 4 is 5.69 Å². The van der Waals surface area contributed by atoms with Gasteiger partial charge in [0.15, 0.2) is 25.7 Å². The highest BCUT2D eigenvalue weighted by molar-refractivity contribution is 5.50. The molecular weight excluding hydrogens is 344 g/mol. The summed E-state index contributed by atoms with van der Waals surface area (Å²) in [4.78, 5) is 10.8. The predicted molar refractivity (Wildman–Crippen MR) is 98.4 cm³/mol. The molecule has 0 saturated carbocycles. The van der Waals surface area contributed by atoms with Crippen LogP contribution < -0.4 is 9.30 Å². The second kappa shape index (κ2) is 7.55. The number of fused-ring (bicyclic) bond motifs is 1. The minimum Gasteiger partial charge on any atom is -0.467 e. The van der Waals surface area contributed by atoms with Gasteiger partial charge in [0.25, 0.3) is 5.69 Å². The maximum atomic E-state index is 11.2. The number of pyridine rings is 1. The number of ether oxygens (including phenoxy) is 2. The summed E-state index contributed by atoms with van der Waals surface area (Å²) < 4.78 is 12.9. The Kier molecular flexibility index (Phi) is 4.80. The molecule has 0 aliphatic carbocycles. The maximum absolute atomic E-state index is 11.2. The second-order valence-electron chi connectivity index (χ2n) is 6.50. The van der Waals surface area contributed by atoms with Crippen molar-refractivity contribution in [1.29, 1.82) is 0 Å². The van der Waals surface area contributed by atoms with Crippen molar-refractivity contribution in [3.05, 3.63) is 99.4 Å². The van der Waals surface area contributed by atoms with Crippen LogP contribution in [0.25, 0.3) is 0 Å². The summed E-state index contributed by atoms with van der Waals surface area (Å²) >= 11 is 0. The van der Waals surface area contributed by atoms with Crippen molar-refractivity contribution in [2.24, 2.45) is 0 Å². The molecule has 0 saturated heterocycles. The van der Waals surface area contributed by atoms with E-state index in [4.69, 9.17) is 9.47 Å². The van der Waals surface area contributed by atoms with Crippen LogP contribution in [0.3, 0.4) is 0 Å². The zero-order chi connectivity index (χ0) is 18.6. The van der Waals surface area contributed by atoms with Gasteiger partial charge in [0.1, 0.15) is 5.75 Å². The first-order valence-corrected chi connectivity index (χ1v) is 8.72. The van der Waals surface area contributed by atoms with Crippen molar-refractivity contribution in [2.75, 3.05) is 6.79 Å². The number of aromatic nitrogens is 1. The molecule has 1 aliphatic heterocycles. The Morgan fingerprint density at radius 2 is 1.78 bits per heavy atom. The Morgan fingerprint density at radius 3 is 2.52 bits per heavy atom. The van der Waals surface area contributed by atoms with Crippen LogP contribution in [-0.4, -0.2) is 11.7 Å². The molecule has 6 heteroatoms. The molecule has 2 aromatic carbocycles. The third-order valence-corrected chi connectivity index (χ3v) is 4.55. The van der Waals surface area contributed by atoms with E-state index in [0.717, 1.165) is 12.0 Å². The quantitative estimate of drug-likeness (QED) is 0.396. The summed E-state index contributed by atoms with van der Waals surface area (Å²) in [7, 11) is 0. The number of rotatable bonds is 5. The molecule has 136 valence electrons. The van der Waals surface area contributed by atoms with Gasteiger partial charge in [-0.3, -0.25) is 10.1 Å². The zero-order valence-corrected chi connectivity index (χ0v) is 14.7. The number of nitro benzene ring substituents is 1. The Balaban J connectivity index is 1.57. The highest BCUT2D eigenvalue weighted by Crippen LogP contribution is 2.32. The van der Waals surface area contributed by atoms with E-state index in [2.05, 4.69) is 24.3 Å². The van der Waals surface area contributed by atoms with E-state index in [1.807, 2.05) is 35.2 Å². The first kappa shape index (κ1) is 17.2. The number of nitrogens with zero attached hydrogens (tertiary/aromatic N) is 2. The summed E-state index contributed by atoms with van der Waals surface area (Å²) in [6.07, 6.45) is 4.85. The molecule has 0 atom stereocenters. The van der Waals surface area contributed by atoms with E-state index >= 15 is 0 Å². The van der Waals surface area contributed by atoms with Gasteiger partial charge in [-0.05, 0) is 17.5 Å². The Morgan fingerprint density at radius 1 is 1.04 bits per heavy atom. The standard InChI is InChI=1S/C21H19N2O4/c24-23(25)20-11-18(21-19(12-20)14-26-15-27-21)13-22-8-6-17(7-9-22)10-16-4-2-1-3-5-16/h1-9,11-12H,10,13-15H2/q+1. The zero-order valence-electron chi connectivity index (χ0n) is 14.7. The summed E-state index contributed by atoms with van der Waals surface area (Å²) in [5.41, 5.74) is 4.02. The number of non-ortho nitro benzene ring substituents is 1. The van der Waals surface area contributed by atoms with Crippen molar-refractivity contribution < 1.29 is 19.0 Å². The van der Waals surface area contributed by atoms with Gasteiger partial charge in [-0.1, -0.05) is 30.3 Å². The average molecular weight is 363 g/mol. The van der Waals surface area contributed by atoms with Crippen LogP contribution in [0.1, 0.15) is 22.3 Å². The molecule has 3 aromatic rings. The molecule has 1 aromatic heterocycles. The number of hydrogen-bond donors (Lipinski definition) is 0. The highest BCUT2D eigenvalue weighted by atomic mass is 16.7. The molecule has 2 heterocycles. The van der Waals surface area contributed by atoms with Gasteiger partial charge < -0.3 is 9.47 Å². The van der Waals surface area contributed by atoms with Gasteiger partial charge in [-0.25, -0.2) is 4.57 Å². The lowest BCUT2D eigenvalue weighted by Gasteiger charge is -2.19. The van der Waals surface area contributed by atoms with Gasteiger partial charge in [0.05, 0.1) is 17.1 Å². The van der Waals surface area contributed by atoms with Gasteiger partial charge in [-0.2, -0.15) is 0 Å². The number of benzene rings is 2. The van der Waals surface area contributed by atoms with Crippen LogP contribution in [0.4, 0.5) is 5.69 Å². The fraction of sp³-hybridized carbons (Fsp3) is 0.190. The van der Waals surface area contributed by atoms with E-state index in [1.54, 1.807) is 6.07 Å². The molecule has 0 bridgehead atoms. The minimum atomic E-state index is -0.383. The first-order valence-electron chi connectivity index (χ1n) is 8.72. The summed E-state index contributed by atoms with van der Waals surface area (Å²) in [6.45, 7) is 0.985. The van der Waals surface area contributed by atoms with Gasteiger partial charge in [0, 0.05) is 29.8 Å². The molecule has 1 aliphatic rings. The van der Waals surface area contributed by atoms with E-state index in [9.17, 15) is 10.1 Å². The summed E-state index contributed by atoms with van der Waals surface area (Å²) in [6, 6.07) is 17.5. The van der Waals surface area contributed by atoms with Gasteiger partial charge >= 0.3 is 0 Å². The van der Waals surface area contributed by atoms with Crippen molar-refractivity contribution in [3.8, 4) is 5.75 Å². The monoisotopic (exact) mass is 363 g/mol. The van der Waals surface area contributed by atoms with Crippen LogP contribution in [0.15, 0.2) is 67.0 Å². The molecular formula is C21H19N2O4+. The smallest absolute Gasteiger partial charge is 0.270 e. The SMILES string of the molecule is O=[N+]([O-])c1cc2c(c(C[n+]3ccc(Cc4ccccc4)cc3)c1)OCOC2. The third-order valence-electron chi connectivity index (χ3n) is 4.55. The Hall–Kier alpha value is -3.25. The van der Waals surface area contributed by atoms with E-state index in [1.165, 1.54) is 17.2 Å². The lowest BCUT2D eigenvalue weighted by atomic mass is 10.1. The fourth-order valence-corrected chi connectivity index (χ4v) is 3.24. The molecule has 0 radical (unpaired) electrons. The van der Waals surface area contributed by atoms with Crippen LogP contribution in [0.5, 0.6) is 5.75 Å². The lowest BCUT2D eigenvalue weighted by Crippen LogP contribution is -2.34. The molecule has 0 unspecified atom stereocenters. The van der Waals surface area contributed by atoms with Crippen molar-refractivity contribution in [3.63, 3.8) is 0 Å². The summed E-state index contributed by atoms with van der Waals surface area (Å²) in [5.74, 6) is 0.688. The Labute approximate surface area is 156 Å². The molecule has 6 nitrogen and oxygen atoms in total. The normalized spacial score (nSPS) is 12.9. The van der Waals surface area contributed by atoms with Crippen molar-refractivity contribution in [2.45, 2.75) is 19.6 Å². The van der Waals surface area contributed by atoms with E-state index in [-0.39, 0.29) is 17.4 Å². The topological polar surface area (TPSA) is 65.5 Å². The van der Waals surface area contributed by atoms with E-state index < -0.39 is 0 Å². The summed E-state index contributed by atoms with van der Waals surface area (Å²) in [5, 5.41) is 11.2. The first-order chi connectivity index (χ1) is 13.2. The number of hydrogen-bond acceptors (Lipinski definition) is 4. The Bertz CT molecular complexity index is 956. The highest BCUT2D eigenvalue weighted by Gasteiger charge is 2.22. The molecule has 4 rings (SSSR count). The number of nitro groups is 1. The average Bonchev–Trinajstić information content (AvgIpc) is 2.70. The molecule has 27 heavy (non-hydrogen) atoms. The molecule has 0 amide bonds. The predicted octanol–water partition coefficient (Wildman–Crippen LogP) is 3.39. The largest absolute Gasteiger partial charge is 0.467 e. The van der Waals surface area contributed by atoms with Crippen LogP contribution in [-0.2, 0) is 24.3 Å². The third kappa shape index (κ3) is 3.96. The van der Waals surface area contributed by atoms with Crippen LogP contribution >= 0.6 is 0 Å². The maximum Gasteiger partial charge on any atom is 0.270 e. The lowest BCUT2D eigenvalue weighted by molar-refractivity contribution is -0.688. The van der Waals surface area contributed by atoms with Crippen LogP contribution in [0.2, 0.25) is 0 Å². The minimum absolute atomic E-state index is 0.0548.